The largest absolute Gasteiger partial charge is 0.421 e. The first-order valence-corrected chi connectivity index (χ1v) is 10.2. The molecule has 0 radical (unpaired) electrons. The van der Waals surface area contributed by atoms with Gasteiger partial charge in [-0.15, -0.1) is 0 Å². The summed E-state index contributed by atoms with van der Waals surface area (Å²) in [6.45, 7) is 2.38. The summed E-state index contributed by atoms with van der Waals surface area (Å²) in [5, 5.41) is 0.925. The highest BCUT2D eigenvalue weighted by molar-refractivity contribution is 9.11. The Morgan fingerprint density at radius 3 is 1.83 bits per heavy atom. The summed E-state index contributed by atoms with van der Waals surface area (Å²) in [6, 6.07) is 4.12. The normalized spacial score (nSPS) is 11.4. The summed E-state index contributed by atoms with van der Waals surface area (Å²) >= 11 is 6.55. The second-order valence-electron chi connectivity index (χ2n) is 4.62. The summed E-state index contributed by atoms with van der Waals surface area (Å²) < 4.78 is 33.9. The predicted molar refractivity (Wildman–Crippen MR) is 95.0 cm³/mol. The van der Waals surface area contributed by atoms with Gasteiger partial charge in [-0.3, -0.25) is 9.59 Å². The average molecular weight is 501 g/mol. The van der Waals surface area contributed by atoms with Crippen molar-refractivity contribution in [2.75, 3.05) is 0 Å². The van der Waals surface area contributed by atoms with E-state index in [0.29, 0.717) is 15.2 Å². The van der Waals surface area contributed by atoms with Gasteiger partial charge < -0.3 is 9.47 Å². The zero-order valence-corrected chi connectivity index (χ0v) is 17.0. The number of hydrogen-bond donors (Lipinski definition) is 0. The van der Waals surface area contributed by atoms with Crippen molar-refractivity contribution >= 4 is 74.3 Å². The number of benzene rings is 2. The predicted octanol–water partition coefficient (Wildman–Crippen LogP) is 4.14. The van der Waals surface area contributed by atoms with E-state index in [2.05, 4.69) is 31.9 Å². The molecule has 0 bridgehead atoms. The maximum Gasteiger partial charge on any atom is 0.308 e. The highest BCUT2D eigenvalue weighted by Gasteiger charge is 2.23. The first-order valence-electron chi connectivity index (χ1n) is 6.28. The van der Waals surface area contributed by atoms with Crippen molar-refractivity contribution in [2.24, 2.45) is 0 Å². The van der Waals surface area contributed by atoms with Gasteiger partial charge in [-0.2, -0.15) is 0 Å². The molecular formula is C14H9Br2ClO6S. The maximum atomic E-state index is 11.5. The van der Waals surface area contributed by atoms with Crippen LogP contribution in [0, 0.1) is 0 Å². The van der Waals surface area contributed by atoms with Crippen molar-refractivity contribution in [3.05, 3.63) is 27.1 Å². The van der Waals surface area contributed by atoms with Crippen molar-refractivity contribution < 1.29 is 27.5 Å². The number of ether oxygens (including phenoxy) is 2. The highest BCUT2D eigenvalue weighted by atomic mass is 79.9. The van der Waals surface area contributed by atoms with Gasteiger partial charge in [-0.05, 0) is 44.0 Å². The molecule has 2 rings (SSSR count). The van der Waals surface area contributed by atoms with Crippen LogP contribution in [0.25, 0.3) is 10.8 Å². The Morgan fingerprint density at radius 2 is 1.42 bits per heavy atom. The minimum atomic E-state index is -3.95. The molecule has 0 aromatic heterocycles. The van der Waals surface area contributed by atoms with Crippen LogP contribution in [0.5, 0.6) is 11.5 Å². The van der Waals surface area contributed by atoms with Crippen LogP contribution in [0.3, 0.4) is 0 Å². The Morgan fingerprint density at radius 1 is 0.958 bits per heavy atom. The van der Waals surface area contributed by atoms with Crippen molar-refractivity contribution in [3.63, 3.8) is 0 Å². The van der Waals surface area contributed by atoms with E-state index in [-0.39, 0.29) is 20.9 Å². The number of hydrogen-bond acceptors (Lipinski definition) is 6. The topological polar surface area (TPSA) is 86.7 Å². The zero-order valence-electron chi connectivity index (χ0n) is 12.2. The summed E-state index contributed by atoms with van der Waals surface area (Å²) in [6.07, 6.45) is 0. The molecule has 10 heteroatoms. The molecule has 0 aliphatic carbocycles. The molecule has 2 aromatic rings. The standard InChI is InChI=1S/C14H9Br2ClO6S/c1-6(18)22-13-11(15)9-4-3-8(24(17,20)21)5-10(9)12(16)14(13)23-7(2)19/h3-5H,1-2H3. The Hall–Kier alpha value is -1.16. The third-order valence-corrected chi connectivity index (χ3v) is 5.77. The van der Waals surface area contributed by atoms with Gasteiger partial charge in [0.15, 0.2) is 11.5 Å². The third-order valence-electron chi connectivity index (χ3n) is 2.84. The molecule has 0 amide bonds. The van der Waals surface area contributed by atoms with Crippen LogP contribution in [0.2, 0.25) is 0 Å². The summed E-state index contributed by atoms with van der Waals surface area (Å²) in [4.78, 5) is 22.6. The molecular weight excluding hydrogens is 491 g/mol. The Labute approximate surface area is 158 Å². The second kappa shape index (κ2) is 6.99. The van der Waals surface area contributed by atoms with Gasteiger partial charge in [0.05, 0.1) is 13.8 Å². The fraction of sp³-hybridized carbons (Fsp3) is 0.143. The molecule has 0 N–H and O–H groups in total. The van der Waals surface area contributed by atoms with Crippen LogP contribution in [-0.4, -0.2) is 20.4 Å². The van der Waals surface area contributed by atoms with Crippen LogP contribution in [0.1, 0.15) is 13.8 Å². The van der Waals surface area contributed by atoms with Gasteiger partial charge in [-0.1, -0.05) is 6.07 Å². The quantitative estimate of drug-likeness (QED) is 0.358. The lowest BCUT2D eigenvalue weighted by Crippen LogP contribution is -2.08. The van der Waals surface area contributed by atoms with Gasteiger partial charge in [0.2, 0.25) is 0 Å². The lowest BCUT2D eigenvalue weighted by atomic mass is 10.1. The number of rotatable bonds is 3. The van der Waals surface area contributed by atoms with E-state index in [0.717, 1.165) is 0 Å². The number of fused-ring (bicyclic) bond motifs is 1. The second-order valence-corrected chi connectivity index (χ2v) is 8.77. The van der Waals surface area contributed by atoms with E-state index >= 15 is 0 Å². The summed E-state index contributed by atoms with van der Waals surface area (Å²) in [5.41, 5.74) is 0. The Balaban J connectivity index is 2.89. The monoisotopic (exact) mass is 498 g/mol. The van der Waals surface area contributed by atoms with E-state index in [9.17, 15) is 18.0 Å². The van der Waals surface area contributed by atoms with Crippen molar-refractivity contribution in [1.29, 1.82) is 0 Å². The number of carbonyl (C=O) groups excluding carboxylic acids is 2. The third kappa shape index (κ3) is 3.90. The van der Waals surface area contributed by atoms with E-state index in [1.54, 1.807) is 0 Å². The SMILES string of the molecule is CC(=O)Oc1c(OC(C)=O)c(Br)c2cc(S(=O)(=O)Cl)ccc2c1Br. The molecule has 0 aliphatic heterocycles. The first kappa shape index (κ1) is 19.2. The van der Waals surface area contributed by atoms with E-state index in [4.69, 9.17) is 20.2 Å². The van der Waals surface area contributed by atoms with Crippen molar-refractivity contribution in [1.82, 2.24) is 0 Å². The van der Waals surface area contributed by atoms with Crippen molar-refractivity contribution in [3.8, 4) is 11.5 Å². The van der Waals surface area contributed by atoms with Gasteiger partial charge in [0, 0.05) is 35.3 Å². The average Bonchev–Trinajstić information content (AvgIpc) is 2.46. The van der Waals surface area contributed by atoms with E-state index < -0.39 is 21.0 Å². The number of esters is 2. The van der Waals surface area contributed by atoms with Gasteiger partial charge in [-0.25, -0.2) is 8.42 Å². The highest BCUT2D eigenvalue weighted by Crippen LogP contribution is 2.48. The smallest absolute Gasteiger partial charge is 0.308 e. The molecule has 0 fully saturated rings. The Bertz CT molecular complexity index is 971. The number of halogens is 3. The van der Waals surface area contributed by atoms with Crippen LogP contribution >= 0.6 is 42.5 Å². The maximum absolute atomic E-state index is 11.5. The van der Waals surface area contributed by atoms with Crippen molar-refractivity contribution in [2.45, 2.75) is 18.7 Å². The molecule has 24 heavy (non-hydrogen) atoms. The molecule has 0 heterocycles. The van der Waals surface area contributed by atoms with Crippen LogP contribution < -0.4 is 9.47 Å². The van der Waals surface area contributed by atoms with Gasteiger partial charge in [0.1, 0.15) is 0 Å². The van der Waals surface area contributed by atoms with E-state index in [1.807, 2.05) is 0 Å². The molecule has 0 unspecified atom stereocenters. The van der Waals surface area contributed by atoms with E-state index in [1.165, 1.54) is 32.0 Å². The molecule has 6 nitrogen and oxygen atoms in total. The lowest BCUT2D eigenvalue weighted by molar-refractivity contribution is -0.134. The molecule has 0 saturated heterocycles. The minimum absolute atomic E-state index is 0.00134. The van der Waals surface area contributed by atoms with Crippen LogP contribution in [-0.2, 0) is 18.6 Å². The molecule has 0 saturated carbocycles. The number of carbonyl (C=O) groups is 2. The molecule has 128 valence electrons. The fourth-order valence-corrected chi connectivity index (χ4v) is 3.93. The van der Waals surface area contributed by atoms with Crippen LogP contribution in [0.4, 0.5) is 0 Å². The minimum Gasteiger partial charge on any atom is -0.421 e. The van der Waals surface area contributed by atoms with Gasteiger partial charge in [0.25, 0.3) is 9.05 Å². The first-order chi connectivity index (χ1) is 11.0. The molecule has 0 aliphatic rings. The van der Waals surface area contributed by atoms with Gasteiger partial charge >= 0.3 is 11.9 Å². The Kier molecular flexibility index (Phi) is 5.58. The van der Waals surface area contributed by atoms with Crippen LogP contribution in [0.15, 0.2) is 32.0 Å². The fourth-order valence-electron chi connectivity index (χ4n) is 1.96. The zero-order chi connectivity index (χ0) is 18.2. The molecule has 0 atom stereocenters. The summed E-state index contributed by atoms with van der Waals surface area (Å²) in [5.74, 6) is -1.31. The molecule has 0 spiro atoms. The molecule has 2 aromatic carbocycles. The summed E-state index contributed by atoms with van der Waals surface area (Å²) in [7, 11) is 1.42. The lowest BCUT2D eigenvalue weighted by Gasteiger charge is -2.16.